The van der Waals surface area contributed by atoms with Crippen LogP contribution in [0.2, 0.25) is 0 Å². The van der Waals surface area contributed by atoms with Crippen molar-refractivity contribution in [2.75, 3.05) is 11.9 Å². The van der Waals surface area contributed by atoms with Crippen molar-refractivity contribution in [2.24, 2.45) is 0 Å². The van der Waals surface area contributed by atoms with Crippen LogP contribution in [0.3, 0.4) is 0 Å². The molecule has 104 valence electrons. The zero-order chi connectivity index (χ0) is 13.7. The molecule has 1 aromatic carbocycles. The van der Waals surface area contributed by atoms with Crippen molar-refractivity contribution < 1.29 is 4.79 Å². The second kappa shape index (κ2) is 7.62. The summed E-state index contributed by atoms with van der Waals surface area (Å²) >= 11 is 5.74. The molecular formula is C15H19BrINO. The van der Waals surface area contributed by atoms with Gasteiger partial charge in [0.1, 0.15) is 0 Å². The summed E-state index contributed by atoms with van der Waals surface area (Å²) in [5.41, 5.74) is 0.812. The highest BCUT2D eigenvalue weighted by atomic mass is 127. The van der Waals surface area contributed by atoms with E-state index in [1.54, 1.807) is 0 Å². The van der Waals surface area contributed by atoms with Crippen LogP contribution >= 0.6 is 38.5 Å². The first-order valence-electron chi connectivity index (χ1n) is 6.85. The molecule has 1 aromatic rings. The molecule has 0 spiro atoms. The predicted octanol–water partition coefficient (Wildman–Crippen LogP) is 4.46. The Bertz CT molecular complexity index is 415. The lowest BCUT2D eigenvalue weighted by Gasteiger charge is -2.34. The van der Waals surface area contributed by atoms with Crippen LogP contribution in [0.5, 0.6) is 0 Å². The molecular weight excluding hydrogens is 417 g/mol. The molecule has 0 aromatic heterocycles. The smallest absolute Gasteiger partial charge is 0.254 e. The Morgan fingerprint density at radius 3 is 2.42 bits per heavy atom. The van der Waals surface area contributed by atoms with Crippen molar-refractivity contribution in [3.63, 3.8) is 0 Å². The summed E-state index contributed by atoms with van der Waals surface area (Å²) in [6.45, 7) is 0.801. The Kier molecular flexibility index (Phi) is 6.13. The van der Waals surface area contributed by atoms with Gasteiger partial charge >= 0.3 is 0 Å². The number of carbonyl (C=O) groups excluding carboxylic acids is 1. The Morgan fingerprint density at radius 1 is 1.21 bits per heavy atom. The first kappa shape index (κ1) is 15.3. The summed E-state index contributed by atoms with van der Waals surface area (Å²) < 4.78 is 1.17. The van der Waals surface area contributed by atoms with Gasteiger partial charge in [-0.15, -0.1) is 0 Å². The first-order chi connectivity index (χ1) is 9.22. The summed E-state index contributed by atoms with van der Waals surface area (Å²) in [6, 6.07) is 8.31. The van der Waals surface area contributed by atoms with Gasteiger partial charge < -0.3 is 4.90 Å². The highest BCUT2D eigenvalue weighted by molar-refractivity contribution is 14.1. The van der Waals surface area contributed by atoms with E-state index in [1.165, 1.54) is 22.8 Å². The molecule has 0 atom stereocenters. The summed E-state index contributed by atoms with van der Waals surface area (Å²) in [7, 11) is 0. The van der Waals surface area contributed by atoms with Gasteiger partial charge in [0.2, 0.25) is 0 Å². The van der Waals surface area contributed by atoms with Crippen LogP contribution in [0.25, 0.3) is 0 Å². The van der Waals surface area contributed by atoms with E-state index >= 15 is 0 Å². The van der Waals surface area contributed by atoms with E-state index in [4.69, 9.17) is 0 Å². The van der Waals surface area contributed by atoms with Crippen LogP contribution < -0.4 is 0 Å². The van der Waals surface area contributed by atoms with Crippen LogP contribution in [0.15, 0.2) is 24.3 Å². The molecule has 1 amide bonds. The van der Waals surface area contributed by atoms with E-state index in [2.05, 4.69) is 43.4 Å². The van der Waals surface area contributed by atoms with Gasteiger partial charge in [-0.25, -0.2) is 0 Å². The third-order valence-electron chi connectivity index (χ3n) is 3.69. The third-order valence-corrected chi connectivity index (χ3v) is 4.77. The van der Waals surface area contributed by atoms with E-state index in [9.17, 15) is 4.79 Å². The maximum absolute atomic E-state index is 12.6. The number of carbonyl (C=O) groups is 1. The molecule has 4 heteroatoms. The number of halogens is 2. The zero-order valence-corrected chi connectivity index (χ0v) is 14.7. The molecule has 0 aliphatic heterocycles. The molecule has 2 rings (SSSR count). The molecule has 2 nitrogen and oxygen atoms in total. The third kappa shape index (κ3) is 4.18. The van der Waals surface area contributed by atoms with E-state index < -0.39 is 0 Å². The topological polar surface area (TPSA) is 20.3 Å². The number of rotatable bonds is 4. The Labute approximate surface area is 137 Å². The molecule has 0 saturated heterocycles. The van der Waals surface area contributed by atoms with Crippen LogP contribution in [0.4, 0.5) is 0 Å². The minimum Gasteiger partial charge on any atom is -0.335 e. The summed E-state index contributed by atoms with van der Waals surface area (Å²) in [4.78, 5) is 14.7. The second-order valence-corrected chi connectivity index (χ2v) is 7.02. The van der Waals surface area contributed by atoms with Crippen molar-refractivity contribution >= 4 is 44.4 Å². The van der Waals surface area contributed by atoms with Gasteiger partial charge in [0.25, 0.3) is 5.91 Å². The Balaban J connectivity index is 2.13. The maximum atomic E-state index is 12.6. The molecule has 1 fully saturated rings. The predicted molar refractivity (Wildman–Crippen MR) is 90.9 cm³/mol. The number of hydrogen-bond donors (Lipinski definition) is 0. The number of nitrogens with zero attached hydrogens (tertiary/aromatic N) is 1. The standard InChI is InChI=1S/C15H19BrINO/c16-10-11-18(14-4-2-1-3-5-14)15(19)12-6-8-13(17)9-7-12/h6-9,14H,1-5,10-11H2. The van der Waals surface area contributed by atoms with Crippen LogP contribution in [0.1, 0.15) is 42.5 Å². The van der Waals surface area contributed by atoms with Crippen molar-refractivity contribution in [1.82, 2.24) is 4.90 Å². The lowest BCUT2D eigenvalue weighted by atomic mass is 9.93. The SMILES string of the molecule is O=C(c1ccc(I)cc1)N(CCBr)C1CCCCC1. The van der Waals surface area contributed by atoms with Crippen molar-refractivity contribution in [1.29, 1.82) is 0 Å². The lowest BCUT2D eigenvalue weighted by molar-refractivity contribution is 0.0651. The summed E-state index contributed by atoms with van der Waals surface area (Å²) in [6.07, 6.45) is 6.13. The summed E-state index contributed by atoms with van der Waals surface area (Å²) in [5, 5.41) is 0.847. The molecule has 0 unspecified atom stereocenters. The second-order valence-electron chi connectivity index (χ2n) is 4.99. The highest BCUT2D eigenvalue weighted by Gasteiger charge is 2.25. The number of amides is 1. The fraction of sp³-hybridized carbons (Fsp3) is 0.533. The average Bonchev–Trinajstić information content (AvgIpc) is 2.46. The maximum Gasteiger partial charge on any atom is 0.254 e. The van der Waals surface area contributed by atoms with E-state index in [0.29, 0.717) is 6.04 Å². The van der Waals surface area contributed by atoms with Crippen molar-refractivity contribution in [2.45, 2.75) is 38.1 Å². The van der Waals surface area contributed by atoms with Gasteiger partial charge in [0.15, 0.2) is 0 Å². The van der Waals surface area contributed by atoms with E-state index in [-0.39, 0.29) is 5.91 Å². The largest absolute Gasteiger partial charge is 0.335 e. The summed E-state index contributed by atoms with van der Waals surface area (Å²) in [5.74, 6) is 0.183. The molecule has 0 radical (unpaired) electrons. The van der Waals surface area contributed by atoms with Gasteiger partial charge in [0, 0.05) is 27.1 Å². The van der Waals surface area contributed by atoms with Gasteiger partial charge in [0.05, 0.1) is 0 Å². The molecule has 19 heavy (non-hydrogen) atoms. The molecule has 0 N–H and O–H groups in total. The average molecular weight is 436 g/mol. The Morgan fingerprint density at radius 2 is 1.84 bits per heavy atom. The van der Waals surface area contributed by atoms with Gasteiger partial charge in [-0.1, -0.05) is 35.2 Å². The molecule has 0 heterocycles. The number of alkyl halides is 1. The van der Waals surface area contributed by atoms with Crippen LogP contribution in [-0.2, 0) is 0 Å². The Hall–Kier alpha value is -0.100. The van der Waals surface area contributed by atoms with E-state index in [0.717, 1.165) is 30.3 Å². The molecule has 1 saturated carbocycles. The number of benzene rings is 1. The minimum absolute atomic E-state index is 0.183. The molecule has 1 aliphatic rings. The number of hydrogen-bond acceptors (Lipinski definition) is 1. The fourth-order valence-corrected chi connectivity index (χ4v) is 3.43. The van der Waals surface area contributed by atoms with E-state index in [1.807, 2.05) is 24.3 Å². The van der Waals surface area contributed by atoms with Gasteiger partial charge in [-0.05, 0) is 59.7 Å². The van der Waals surface area contributed by atoms with Gasteiger partial charge in [-0.3, -0.25) is 4.79 Å². The highest BCUT2D eigenvalue weighted by Crippen LogP contribution is 2.24. The van der Waals surface area contributed by atoms with Crippen molar-refractivity contribution in [3.8, 4) is 0 Å². The van der Waals surface area contributed by atoms with Crippen molar-refractivity contribution in [3.05, 3.63) is 33.4 Å². The zero-order valence-electron chi connectivity index (χ0n) is 10.9. The minimum atomic E-state index is 0.183. The first-order valence-corrected chi connectivity index (χ1v) is 9.05. The quantitative estimate of drug-likeness (QED) is 0.505. The van der Waals surface area contributed by atoms with Crippen LogP contribution in [0, 0.1) is 3.57 Å². The fourth-order valence-electron chi connectivity index (χ4n) is 2.69. The normalized spacial score (nSPS) is 16.3. The van der Waals surface area contributed by atoms with Gasteiger partial charge in [-0.2, -0.15) is 0 Å². The monoisotopic (exact) mass is 435 g/mol. The lowest BCUT2D eigenvalue weighted by Crippen LogP contribution is -2.42. The molecule has 0 bridgehead atoms. The molecule has 1 aliphatic carbocycles. The van der Waals surface area contributed by atoms with Crippen LogP contribution in [-0.4, -0.2) is 28.7 Å².